The van der Waals surface area contributed by atoms with Gasteiger partial charge in [-0.05, 0) is 66.4 Å². The number of hydrogen-bond donors (Lipinski definition) is 2. The van der Waals surface area contributed by atoms with Crippen LogP contribution >= 0.6 is 11.6 Å². The van der Waals surface area contributed by atoms with Gasteiger partial charge in [-0.2, -0.15) is 0 Å². The lowest BCUT2D eigenvalue weighted by molar-refractivity contribution is -0.132. The lowest BCUT2D eigenvalue weighted by Crippen LogP contribution is -2.29. The van der Waals surface area contributed by atoms with E-state index in [0.29, 0.717) is 23.5 Å². The molecule has 2 aromatic carbocycles. The second-order valence-corrected chi connectivity index (χ2v) is 8.87. The number of halogens is 1. The number of aromatic hydroxyl groups is 1. The highest BCUT2D eigenvalue weighted by Gasteiger charge is 2.48. The van der Waals surface area contributed by atoms with Crippen LogP contribution < -0.4 is 9.64 Å². The van der Waals surface area contributed by atoms with E-state index in [0.717, 1.165) is 10.5 Å². The third-order valence-electron chi connectivity index (χ3n) is 5.85. The molecule has 7 nitrogen and oxygen atoms in total. The highest BCUT2D eigenvalue weighted by molar-refractivity contribution is 6.52. The second-order valence-electron chi connectivity index (χ2n) is 8.43. The van der Waals surface area contributed by atoms with Crippen molar-refractivity contribution in [2.45, 2.75) is 32.7 Å². The topological polar surface area (TPSA) is 100.0 Å². The van der Waals surface area contributed by atoms with Crippen molar-refractivity contribution >= 4 is 34.7 Å². The molecule has 1 fully saturated rings. The van der Waals surface area contributed by atoms with Crippen LogP contribution in [0.3, 0.4) is 0 Å². The molecule has 1 saturated heterocycles. The number of pyridine rings is 1. The molecular weight excluding hydrogens is 468 g/mol. The highest BCUT2D eigenvalue weighted by atomic mass is 35.5. The third-order valence-corrected chi connectivity index (χ3v) is 6.08. The lowest BCUT2D eigenvalue weighted by Gasteiger charge is -2.26. The predicted octanol–water partition coefficient (Wildman–Crippen LogP) is 5.59. The molecule has 0 aliphatic carbocycles. The van der Waals surface area contributed by atoms with E-state index >= 15 is 0 Å². The molecule has 0 bridgehead atoms. The maximum atomic E-state index is 13.3. The van der Waals surface area contributed by atoms with E-state index in [-0.39, 0.29) is 33.7 Å². The predicted molar refractivity (Wildman–Crippen MR) is 134 cm³/mol. The zero-order valence-corrected chi connectivity index (χ0v) is 20.3. The number of benzene rings is 2. The van der Waals surface area contributed by atoms with Crippen molar-refractivity contribution in [3.8, 4) is 11.5 Å². The Morgan fingerprint density at radius 2 is 1.94 bits per heavy atom. The Kier molecular flexibility index (Phi) is 6.80. The van der Waals surface area contributed by atoms with Crippen molar-refractivity contribution in [2.24, 2.45) is 0 Å². The van der Waals surface area contributed by atoms with Gasteiger partial charge >= 0.3 is 0 Å². The number of aromatic nitrogens is 1. The van der Waals surface area contributed by atoms with Gasteiger partial charge in [0.05, 0.1) is 23.9 Å². The number of anilines is 1. The second kappa shape index (κ2) is 9.80. The summed E-state index contributed by atoms with van der Waals surface area (Å²) in [5.74, 6) is -1.56. The Morgan fingerprint density at radius 1 is 1.17 bits per heavy atom. The number of aliphatic hydroxyl groups excluding tert-OH is 1. The number of carbonyl (C=O) groups is 2. The number of carbonyl (C=O) groups excluding carboxylic acids is 2. The molecule has 1 aromatic heterocycles. The zero-order valence-electron chi connectivity index (χ0n) is 19.5. The fraction of sp³-hybridized carbons (Fsp3) is 0.222. The highest BCUT2D eigenvalue weighted by Crippen LogP contribution is 2.45. The summed E-state index contributed by atoms with van der Waals surface area (Å²) >= 11 is 6.14. The summed E-state index contributed by atoms with van der Waals surface area (Å²) in [6.45, 7) is 6.37. The molecule has 2 heterocycles. The van der Waals surface area contributed by atoms with E-state index < -0.39 is 17.7 Å². The van der Waals surface area contributed by atoms with Crippen LogP contribution in [-0.2, 0) is 9.59 Å². The number of nitrogens with zero attached hydrogens (tertiary/aromatic N) is 2. The van der Waals surface area contributed by atoms with Crippen molar-refractivity contribution < 1.29 is 24.5 Å². The molecule has 1 unspecified atom stereocenters. The number of ketones is 1. The largest absolute Gasteiger partial charge is 0.507 e. The maximum absolute atomic E-state index is 13.3. The number of Topliss-reactive ketones (excluding diaryl/α,β-unsaturated/α-hetero) is 1. The normalized spacial score (nSPS) is 17.3. The SMILES string of the molecule is CCOc1ccc(/C(O)=C2/C(=O)C(=O)N(c3cc(Cl)ccc3O)C2c2cccnc2)cc1C(C)C. The first-order valence-electron chi connectivity index (χ1n) is 11.2. The first-order valence-corrected chi connectivity index (χ1v) is 11.6. The number of hydrogen-bond acceptors (Lipinski definition) is 6. The van der Waals surface area contributed by atoms with Gasteiger partial charge in [-0.25, -0.2) is 0 Å². The van der Waals surface area contributed by atoms with Crippen molar-refractivity contribution in [3.05, 3.63) is 88.2 Å². The number of aliphatic hydroxyl groups is 1. The van der Waals surface area contributed by atoms with E-state index in [1.54, 1.807) is 36.5 Å². The van der Waals surface area contributed by atoms with Gasteiger partial charge < -0.3 is 14.9 Å². The Balaban J connectivity index is 1.95. The molecule has 4 rings (SSSR count). The number of rotatable bonds is 6. The smallest absolute Gasteiger partial charge is 0.300 e. The lowest BCUT2D eigenvalue weighted by atomic mass is 9.93. The molecule has 1 amide bonds. The van der Waals surface area contributed by atoms with Crippen LogP contribution in [0.1, 0.15) is 49.4 Å². The molecule has 2 N–H and O–H groups in total. The molecule has 35 heavy (non-hydrogen) atoms. The molecule has 1 aliphatic rings. The minimum Gasteiger partial charge on any atom is -0.507 e. The van der Waals surface area contributed by atoms with Crippen molar-refractivity contribution in [3.63, 3.8) is 0 Å². The summed E-state index contributed by atoms with van der Waals surface area (Å²) in [7, 11) is 0. The van der Waals surface area contributed by atoms with Gasteiger partial charge in [0.2, 0.25) is 0 Å². The summed E-state index contributed by atoms with van der Waals surface area (Å²) in [4.78, 5) is 31.8. The Bertz CT molecular complexity index is 1320. The van der Waals surface area contributed by atoms with Crippen LogP contribution in [-0.4, -0.2) is 33.5 Å². The van der Waals surface area contributed by atoms with Crippen LogP contribution in [0, 0.1) is 0 Å². The maximum Gasteiger partial charge on any atom is 0.300 e. The van der Waals surface area contributed by atoms with Gasteiger partial charge in [-0.1, -0.05) is 31.5 Å². The minimum absolute atomic E-state index is 0.0575. The molecule has 0 spiro atoms. The standard InChI is InChI=1S/C27H25ClN2O5/c1-4-35-22-10-7-16(12-19(22)15(2)3)25(32)23-24(17-6-5-11-29-14-17)30(27(34)26(23)33)20-13-18(28)8-9-21(20)31/h5-15,24,31-32H,4H2,1-3H3/b25-23-. The van der Waals surface area contributed by atoms with Gasteiger partial charge in [0.15, 0.2) is 0 Å². The number of phenols is 1. The molecule has 0 saturated carbocycles. The first kappa shape index (κ1) is 24.3. The molecule has 1 atom stereocenters. The van der Waals surface area contributed by atoms with Gasteiger partial charge in [0, 0.05) is 23.0 Å². The van der Waals surface area contributed by atoms with E-state index in [2.05, 4.69) is 4.98 Å². The van der Waals surface area contributed by atoms with Gasteiger partial charge in [-0.15, -0.1) is 0 Å². The van der Waals surface area contributed by atoms with Crippen molar-refractivity contribution in [1.82, 2.24) is 4.98 Å². The van der Waals surface area contributed by atoms with Crippen LogP contribution in [0.4, 0.5) is 5.69 Å². The minimum atomic E-state index is -1.03. The van der Waals surface area contributed by atoms with Gasteiger partial charge in [0.1, 0.15) is 17.3 Å². The van der Waals surface area contributed by atoms with Gasteiger partial charge in [-0.3, -0.25) is 19.5 Å². The number of phenolic OH excluding ortho intramolecular Hbond substituents is 1. The third kappa shape index (κ3) is 4.47. The average molecular weight is 493 g/mol. The number of ether oxygens (including phenoxy) is 1. The average Bonchev–Trinajstić information content (AvgIpc) is 3.11. The van der Waals surface area contributed by atoms with E-state index in [9.17, 15) is 19.8 Å². The summed E-state index contributed by atoms with van der Waals surface area (Å²) in [5.41, 5.74) is 1.67. The fourth-order valence-corrected chi connectivity index (χ4v) is 4.38. The molecule has 3 aromatic rings. The van der Waals surface area contributed by atoms with E-state index in [1.807, 2.05) is 20.8 Å². The van der Waals surface area contributed by atoms with Crippen LogP contribution in [0.2, 0.25) is 5.02 Å². The molecule has 1 aliphatic heterocycles. The van der Waals surface area contributed by atoms with E-state index in [1.165, 1.54) is 24.4 Å². The summed E-state index contributed by atoms with van der Waals surface area (Å²) in [5, 5.41) is 22.2. The Labute approximate surface area is 208 Å². The molecule has 0 radical (unpaired) electrons. The van der Waals surface area contributed by atoms with Crippen LogP contribution in [0.25, 0.3) is 5.76 Å². The molecule has 180 valence electrons. The fourth-order valence-electron chi connectivity index (χ4n) is 4.21. The van der Waals surface area contributed by atoms with Crippen LogP contribution in [0.15, 0.2) is 66.5 Å². The molecular formula is C27H25ClN2O5. The van der Waals surface area contributed by atoms with E-state index in [4.69, 9.17) is 16.3 Å². The zero-order chi connectivity index (χ0) is 25.3. The Hall–Kier alpha value is -3.84. The summed E-state index contributed by atoms with van der Waals surface area (Å²) in [6, 6.07) is 11.7. The summed E-state index contributed by atoms with van der Waals surface area (Å²) < 4.78 is 5.71. The monoisotopic (exact) mass is 492 g/mol. The molecule has 8 heteroatoms. The van der Waals surface area contributed by atoms with Gasteiger partial charge in [0.25, 0.3) is 11.7 Å². The Morgan fingerprint density at radius 3 is 2.60 bits per heavy atom. The van der Waals surface area contributed by atoms with Crippen molar-refractivity contribution in [1.29, 1.82) is 0 Å². The number of amides is 1. The van der Waals surface area contributed by atoms with Crippen LogP contribution in [0.5, 0.6) is 11.5 Å². The summed E-state index contributed by atoms with van der Waals surface area (Å²) in [6.07, 6.45) is 3.07. The van der Waals surface area contributed by atoms with Crippen molar-refractivity contribution in [2.75, 3.05) is 11.5 Å². The first-order chi connectivity index (χ1) is 16.7. The quantitative estimate of drug-likeness (QED) is 0.264.